The van der Waals surface area contributed by atoms with Crippen LogP contribution < -0.4 is 15.7 Å². The number of hydrogen-bond donors (Lipinski definition) is 2. The maximum absolute atomic E-state index is 11.3. The number of aromatic carboxylic acids is 1. The van der Waals surface area contributed by atoms with E-state index in [1.807, 2.05) is 6.92 Å². The zero-order valence-corrected chi connectivity index (χ0v) is 10.0. The molecule has 2 amide bonds. The Balaban J connectivity index is 2.75. The summed E-state index contributed by atoms with van der Waals surface area (Å²) in [6, 6.07) is 3.77. The van der Waals surface area contributed by atoms with Crippen molar-refractivity contribution >= 4 is 29.3 Å². The van der Waals surface area contributed by atoms with Crippen molar-refractivity contribution in [1.29, 1.82) is 0 Å². The summed E-state index contributed by atoms with van der Waals surface area (Å²) in [5.74, 6) is -1.38. The predicted octanol–water partition coefficient (Wildman–Crippen LogP) is 1.23. The van der Waals surface area contributed by atoms with Crippen molar-refractivity contribution in [3.63, 3.8) is 0 Å². The molecule has 17 heavy (non-hydrogen) atoms. The van der Waals surface area contributed by atoms with Crippen molar-refractivity contribution in [3.8, 4) is 0 Å². The molecule has 1 rings (SSSR count). The van der Waals surface area contributed by atoms with Crippen molar-refractivity contribution in [2.75, 3.05) is 11.9 Å². The zero-order valence-electron chi connectivity index (χ0n) is 9.25. The standard InChI is InChI=1S/C11H13ClN2O3/c1-2-5-13-11(17)14-7-3-4-9(12)8(6-7)10(15)16/h3-4,6H,2,5H2,1H3,(H,15,16)(H2,13,14,17)/p-1. The van der Waals surface area contributed by atoms with Crippen LogP contribution in [0.4, 0.5) is 10.5 Å². The minimum Gasteiger partial charge on any atom is -0.545 e. The molecular weight excluding hydrogens is 244 g/mol. The van der Waals surface area contributed by atoms with Crippen molar-refractivity contribution in [3.05, 3.63) is 28.8 Å². The smallest absolute Gasteiger partial charge is 0.319 e. The van der Waals surface area contributed by atoms with Gasteiger partial charge in [0, 0.05) is 22.8 Å². The zero-order chi connectivity index (χ0) is 12.8. The van der Waals surface area contributed by atoms with Crippen LogP contribution in [0, 0.1) is 0 Å². The Bertz CT molecular complexity index is 435. The third kappa shape index (κ3) is 3.96. The lowest BCUT2D eigenvalue weighted by atomic mass is 10.2. The van der Waals surface area contributed by atoms with Crippen LogP contribution in [0.1, 0.15) is 23.7 Å². The van der Waals surface area contributed by atoms with Gasteiger partial charge in [0.15, 0.2) is 0 Å². The molecule has 0 bridgehead atoms. The molecule has 0 fully saturated rings. The molecule has 0 heterocycles. The summed E-state index contributed by atoms with van der Waals surface area (Å²) < 4.78 is 0. The summed E-state index contributed by atoms with van der Waals surface area (Å²) in [7, 11) is 0. The summed E-state index contributed by atoms with van der Waals surface area (Å²) in [4.78, 5) is 22.0. The Kier molecular flexibility index (Phi) is 4.78. The number of carboxylic acid groups (broad SMARTS) is 1. The van der Waals surface area contributed by atoms with E-state index in [-0.39, 0.29) is 10.6 Å². The van der Waals surface area contributed by atoms with Crippen LogP contribution in [-0.2, 0) is 0 Å². The van der Waals surface area contributed by atoms with E-state index in [1.165, 1.54) is 18.2 Å². The maximum atomic E-state index is 11.3. The SMILES string of the molecule is CCCNC(=O)Nc1ccc(Cl)c(C(=O)[O-])c1. The summed E-state index contributed by atoms with van der Waals surface area (Å²) in [5, 5.41) is 15.9. The Hall–Kier alpha value is -1.75. The van der Waals surface area contributed by atoms with Gasteiger partial charge in [-0.1, -0.05) is 18.5 Å². The number of benzene rings is 1. The third-order valence-electron chi connectivity index (χ3n) is 1.98. The lowest BCUT2D eigenvalue weighted by Crippen LogP contribution is -2.29. The number of carboxylic acids is 1. The largest absolute Gasteiger partial charge is 0.545 e. The Morgan fingerprint density at radius 2 is 2.12 bits per heavy atom. The fourth-order valence-electron chi connectivity index (χ4n) is 1.17. The second-order valence-corrected chi connectivity index (χ2v) is 3.77. The Morgan fingerprint density at radius 3 is 2.71 bits per heavy atom. The first kappa shape index (κ1) is 13.3. The number of urea groups is 1. The van der Waals surface area contributed by atoms with Crippen molar-refractivity contribution in [2.24, 2.45) is 0 Å². The minimum absolute atomic E-state index is 0.0736. The van der Waals surface area contributed by atoms with Crippen LogP contribution in [0.3, 0.4) is 0 Å². The Morgan fingerprint density at radius 1 is 1.41 bits per heavy atom. The highest BCUT2D eigenvalue weighted by Crippen LogP contribution is 2.19. The molecule has 6 heteroatoms. The number of rotatable bonds is 4. The fraction of sp³-hybridized carbons (Fsp3) is 0.273. The molecule has 0 atom stereocenters. The van der Waals surface area contributed by atoms with E-state index in [2.05, 4.69) is 10.6 Å². The topological polar surface area (TPSA) is 81.3 Å². The van der Waals surface area contributed by atoms with Crippen molar-refractivity contribution in [2.45, 2.75) is 13.3 Å². The van der Waals surface area contributed by atoms with Gasteiger partial charge in [0.1, 0.15) is 0 Å². The number of carbonyl (C=O) groups is 2. The van der Waals surface area contributed by atoms with Gasteiger partial charge in [-0.25, -0.2) is 4.79 Å². The molecule has 0 radical (unpaired) electrons. The number of carbonyl (C=O) groups excluding carboxylic acids is 2. The number of amides is 2. The first-order valence-corrected chi connectivity index (χ1v) is 5.48. The van der Waals surface area contributed by atoms with Gasteiger partial charge < -0.3 is 20.5 Å². The minimum atomic E-state index is -1.38. The second-order valence-electron chi connectivity index (χ2n) is 3.36. The van der Waals surface area contributed by atoms with Gasteiger partial charge in [0.05, 0.1) is 5.97 Å². The summed E-state index contributed by atoms with van der Waals surface area (Å²) in [6.45, 7) is 2.48. The van der Waals surface area contributed by atoms with E-state index in [0.29, 0.717) is 12.2 Å². The average Bonchev–Trinajstić information content (AvgIpc) is 2.28. The molecule has 0 unspecified atom stereocenters. The molecule has 0 aliphatic rings. The quantitative estimate of drug-likeness (QED) is 0.849. The molecule has 0 aromatic heterocycles. The summed E-state index contributed by atoms with van der Waals surface area (Å²) in [5.41, 5.74) is 0.196. The molecule has 0 saturated heterocycles. The molecule has 1 aromatic rings. The maximum Gasteiger partial charge on any atom is 0.319 e. The molecule has 0 spiro atoms. The van der Waals surface area contributed by atoms with E-state index in [1.54, 1.807) is 0 Å². The van der Waals surface area contributed by atoms with Crippen LogP contribution in [0.5, 0.6) is 0 Å². The molecular formula is C11H12ClN2O3-. The van der Waals surface area contributed by atoms with E-state index < -0.39 is 12.0 Å². The fourth-order valence-corrected chi connectivity index (χ4v) is 1.37. The third-order valence-corrected chi connectivity index (χ3v) is 2.31. The molecule has 0 aliphatic heterocycles. The normalized spacial score (nSPS) is 9.76. The lowest BCUT2D eigenvalue weighted by molar-refractivity contribution is -0.255. The van der Waals surface area contributed by atoms with Gasteiger partial charge in [-0.2, -0.15) is 0 Å². The van der Waals surface area contributed by atoms with Crippen LogP contribution in [-0.4, -0.2) is 18.5 Å². The molecule has 1 aromatic carbocycles. The highest BCUT2D eigenvalue weighted by molar-refractivity contribution is 6.33. The number of nitrogens with one attached hydrogen (secondary N) is 2. The van der Waals surface area contributed by atoms with Gasteiger partial charge in [0.25, 0.3) is 0 Å². The highest BCUT2D eigenvalue weighted by Gasteiger charge is 2.05. The predicted molar refractivity (Wildman–Crippen MR) is 63.1 cm³/mol. The van der Waals surface area contributed by atoms with Gasteiger partial charge >= 0.3 is 6.03 Å². The summed E-state index contributed by atoms with van der Waals surface area (Å²) >= 11 is 5.66. The van der Waals surface area contributed by atoms with E-state index in [4.69, 9.17) is 11.6 Å². The lowest BCUT2D eigenvalue weighted by Gasteiger charge is -2.10. The molecule has 0 saturated carbocycles. The Labute approximate surface area is 104 Å². The molecule has 5 nitrogen and oxygen atoms in total. The summed E-state index contributed by atoms with van der Waals surface area (Å²) in [6.07, 6.45) is 0.818. The average molecular weight is 256 g/mol. The molecule has 92 valence electrons. The van der Waals surface area contributed by atoms with Crippen LogP contribution >= 0.6 is 11.6 Å². The highest BCUT2D eigenvalue weighted by atomic mass is 35.5. The van der Waals surface area contributed by atoms with Crippen LogP contribution in [0.25, 0.3) is 0 Å². The number of anilines is 1. The van der Waals surface area contributed by atoms with Gasteiger partial charge in [0.2, 0.25) is 0 Å². The second kappa shape index (κ2) is 6.10. The van der Waals surface area contributed by atoms with E-state index in [0.717, 1.165) is 6.42 Å². The van der Waals surface area contributed by atoms with E-state index in [9.17, 15) is 14.7 Å². The number of hydrogen-bond acceptors (Lipinski definition) is 3. The van der Waals surface area contributed by atoms with Crippen molar-refractivity contribution in [1.82, 2.24) is 5.32 Å². The number of halogens is 1. The first-order chi connectivity index (χ1) is 8.04. The van der Waals surface area contributed by atoms with Crippen LogP contribution in [0.15, 0.2) is 18.2 Å². The van der Waals surface area contributed by atoms with Crippen molar-refractivity contribution < 1.29 is 14.7 Å². The van der Waals surface area contributed by atoms with E-state index >= 15 is 0 Å². The molecule has 0 aliphatic carbocycles. The van der Waals surface area contributed by atoms with Gasteiger partial charge in [-0.3, -0.25) is 0 Å². The molecule has 2 N–H and O–H groups in total. The van der Waals surface area contributed by atoms with Crippen LogP contribution in [0.2, 0.25) is 5.02 Å². The van der Waals surface area contributed by atoms with Gasteiger partial charge in [-0.05, 0) is 24.6 Å². The van der Waals surface area contributed by atoms with Gasteiger partial charge in [-0.15, -0.1) is 0 Å². The monoisotopic (exact) mass is 255 g/mol. The first-order valence-electron chi connectivity index (χ1n) is 5.10.